The Balaban J connectivity index is 0.000000286. The van der Waals surface area contributed by atoms with E-state index in [4.69, 9.17) is 0 Å². The zero-order chi connectivity index (χ0) is 15.3. The summed E-state index contributed by atoms with van der Waals surface area (Å²) in [4.78, 5) is 24.6. The van der Waals surface area contributed by atoms with Crippen LogP contribution in [0.2, 0.25) is 0 Å². The maximum atomic E-state index is 11.7. The van der Waals surface area contributed by atoms with Gasteiger partial charge >= 0.3 is 0 Å². The molecule has 0 saturated carbocycles. The van der Waals surface area contributed by atoms with Crippen molar-refractivity contribution < 1.29 is 9.59 Å². The molecule has 0 spiro atoms. The molecule has 1 heterocycles. The molecule has 1 saturated heterocycles. The molecule has 0 radical (unpaired) electrons. The van der Waals surface area contributed by atoms with Crippen molar-refractivity contribution in [1.82, 2.24) is 4.90 Å². The number of likely N-dealkylation sites (tertiary alicyclic amines) is 1. The minimum Gasteiger partial charge on any atom is -0.275 e. The summed E-state index contributed by atoms with van der Waals surface area (Å²) in [5, 5.41) is 0. The van der Waals surface area contributed by atoms with Crippen LogP contribution < -0.4 is 0 Å². The highest BCUT2D eigenvalue weighted by atomic mass is 32.2. The lowest BCUT2D eigenvalue weighted by Gasteiger charge is -2.23. The number of imide groups is 1. The Hall–Kier alpha value is -1.03. The van der Waals surface area contributed by atoms with E-state index in [1.165, 1.54) is 4.90 Å². The van der Waals surface area contributed by atoms with Gasteiger partial charge in [0.05, 0.1) is 6.04 Å². The SMILES string of the molecule is CC1CC(=O)N(C2C=CC=CC2)C1=O.CSC(C)(C)C. The molecule has 2 aliphatic rings. The predicted octanol–water partition coefficient (Wildman–Crippen LogP) is 3.41. The van der Waals surface area contributed by atoms with Crippen LogP contribution in [-0.2, 0) is 9.59 Å². The first-order valence-electron chi connectivity index (χ1n) is 7.00. The highest BCUT2D eigenvalue weighted by molar-refractivity contribution is 7.99. The van der Waals surface area contributed by atoms with E-state index in [0.717, 1.165) is 6.42 Å². The van der Waals surface area contributed by atoms with Crippen molar-refractivity contribution in [1.29, 1.82) is 0 Å². The number of amides is 2. The molecule has 4 heteroatoms. The van der Waals surface area contributed by atoms with Crippen LogP contribution in [0.4, 0.5) is 0 Å². The minimum atomic E-state index is -0.137. The largest absolute Gasteiger partial charge is 0.275 e. The number of allylic oxidation sites excluding steroid dienone is 2. The number of nitrogens with zero attached hydrogens (tertiary/aromatic N) is 1. The van der Waals surface area contributed by atoms with Crippen LogP contribution in [0.5, 0.6) is 0 Å². The maximum Gasteiger partial charge on any atom is 0.233 e. The molecule has 2 amide bonds. The fourth-order valence-electron chi connectivity index (χ4n) is 1.92. The number of thioether (sulfide) groups is 1. The molecule has 0 bridgehead atoms. The second-order valence-electron chi connectivity index (χ2n) is 6.14. The standard InChI is InChI=1S/C11H13NO2.C5H12S/c1-8-7-10(13)12(11(8)14)9-5-3-2-4-6-9;1-5(2,3)6-4/h2-5,8-9H,6-7H2,1H3;1-4H3. The highest BCUT2D eigenvalue weighted by Crippen LogP contribution is 2.24. The lowest BCUT2D eigenvalue weighted by atomic mass is 10.1. The first kappa shape index (κ1) is 17.0. The molecule has 0 aromatic rings. The molecule has 0 N–H and O–H groups in total. The van der Waals surface area contributed by atoms with Crippen molar-refractivity contribution >= 4 is 23.6 Å². The third kappa shape index (κ3) is 4.82. The molecule has 2 rings (SSSR count). The molecule has 2 unspecified atom stereocenters. The number of carbonyl (C=O) groups excluding carboxylic acids is 2. The first-order chi connectivity index (χ1) is 9.26. The van der Waals surface area contributed by atoms with Gasteiger partial charge in [-0.1, -0.05) is 52.0 Å². The van der Waals surface area contributed by atoms with Gasteiger partial charge in [-0.3, -0.25) is 14.5 Å². The number of rotatable bonds is 1. The molecule has 112 valence electrons. The molecule has 1 fully saturated rings. The Labute approximate surface area is 126 Å². The maximum absolute atomic E-state index is 11.7. The van der Waals surface area contributed by atoms with Crippen molar-refractivity contribution in [3.8, 4) is 0 Å². The molecule has 0 aromatic heterocycles. The smallest absolute Gasteiger partial charge is 0.233 e. The summed E-state index contributed by atoms with van der Waals surface area (Å²) in [6.45, 7) is 8.43. The summed E-state index contributed by atoms with van der Waals surface area (Å²) in [6.07, 6.45) is 11.0. The van der Waals surface area contributed by atoms with E-state index in [0.29, 0.717) is 11.2 Å². The Morgan fingerprint density at radius 1 is 1.25 bits per heavy atom. The van der Waals surface area contributed by atoms with Crippen molar-refractivity contribution in [3.63, 3.8) is 0 Å². The number of hydrogen-bond donors (Lipinski definition) is 0. The lowest BCUT2D eigenvalue weighted by Crippen LogP contribution is -2.39. The van der Waals surface area contributed by atoms with Crippen molar-refractivity contribution in [2.45, 2.75) is 51.3 Å². The van der Waals surface area contributed by atoms with Gasteiger partial charge in [0, 0.05) is 17.1 Å². The third-order valence-corrected chi connectivity index (χ3v) is 4.54. The van der Waals surface area contributed by atoms with Crippen molar-refractivity contribution in [3.05, 3.63) is 24.3 Å². The predicted molar refractivity (Wildman–Crippen MR) is 85.6 cm³/mol. The van der Waals surface area contributed by atoms with Gasteiger partial charge in [0.15, 0.2) is 0 Å². The highest BCUT2D eigenvalue weighted by Gasteiger charge is 2.38. The zero-order valence-electron chi connectivity index (χ0n) is 13.1. The van der Waals surface area contributed by atoms with E-state index in [-0.39, 0.29) is 23.8 Å². The average molecular weight is 295 g/mol. The van der Waals surface area contributed by atoms with Gasteiger partial charge in [0.25, 0.3) is 0 Å². The molecule has 1 aliphatic heterocycles. The van der Waals surface area contributed by atoms with Crippen LogP contribution in [-0.4, -0.2) is 33.8 Å². The molecule has 1 aliphatic carbocycles. The third-order valence-electron chi connectivity index (χ3n) is 3.31. The Kier molecular flexibility index (Phi) is 6.06. The summed E-state index contributed by atoms with van der Waals surface area (Å²) < 4.78 is 0.458. The molecule has 20 heavy (non-hydrogen) atoms. The molecular formula is C16H25NO2S. The van der Waals surface area contributed by atoms with Crippen LogP contribution in [0, 0.1) is 5.92 Å². The Morgan fingerprint density at radius 3 is 2.20 bits per heavy atom. The van der Waals surface area contributed by atoms with E-state index in [2.05, 4.69) is 27.0 Å². The summed E-state index contributed by atoms with van der Waals surface area (Å²) in [5.74, 6) is -0.200. The molecule has 3 nitrogen and oxygen atoms in total. The van der Waals surface area contributed by atoms with E-state index in [9.17, 15) is 9.59 Å². The normalized spacial score (nSPS) is 25.8. The van der Waals surface area contributed by atoms with E-state index in [1.54, 1.807) is 0 Å². The lowest BCUT2D eigenvalue weighted by molar-refractivity contribution is -0.140. The van der Waals surface area contributed by atoms with Crippen LogP contribution in [0.3, 0.4) is 0 Å². The first-order valence-corrected chi connectivity index (χ1v) is 8.23. The minimum absolute atomic E-state index is 0.0278. The van der Waals surface area contributed by atoms with Gasteiger partial charge in [0.1, 0.15) is 0 Å². The van der Waals surface area contributed by atoms with Crippen molar-refractivity contribution in [2.75, 3.05) is 6.26 Å². The fraction of sp³-hybridized carbons (Fsp3) is 0.625. The summed E-state index contributed by atoms with van der Waals surface area (Å²) in [6, 6.07) is -0.0510. The van der Waals surface area contributed by atoms with E-state index < -0.39 is 0 Å². The quantitative estimate of drug-likeness (QED) is 0.696. The Morgan fingerprint density at radius 2 is 1.85 bits per heavy atom. The summed E-state index contributed by atoms with van der Waals surface area (Å²) in [5.41, 5.74) is 0. The van der Waals surface area contributed by atoms with Crippen LogP contribution in [0.25, 0.3) is 0 Å². The molecule has 0 aromatic carbocycles. The number of carbonyl (C=O) groups is 2. The van der Waals surface area contributed by atoms with E-state index in [1.807, 2.05) is 43.0 Å². The second kappa shape index (κ2) is 7.11. The van der Waals surface area contributed by atoms with Crippen molar-refractivity contribution in [2.24, 2.45) is 5.92 Å². The van der Waals surface area contributed by atoms with Gasteiger partial charge in [-0.15, -0.1) is 0 Å². The average Bonchev–Trinajstić information content (AvgIpc) is 2.64. The zero-order valence-corrected chi connectivity index (χ0v) is 13.9. The van der Waals surface area contributed by atoms with Gasteiger partial charge in [-0.2, -0.15) is 11.8 Å². The van der Waals surface area contributed by atoms with Gasteiger partial charge < -0.3 is 0 Å². The van der Waals surface area contributed by atoms with E-state index >= 15 is 0 Å². The molecule has 2 atom stereocenters. The van der Waals surface area contributed by atoms with Crippen LogP contribution in [0.1, 0.15) is 40.5 Å². The summed E-state index contributed by atoms with van der Waals surface area (Å²) in [7, 11) is 0. The molecular weight excluding hydrogens is 270 g/mol. The summed E-state index contributed by atoms with van der Waals surface area (Å²) >= 11 is 1.88. The van der Waals surface area contributed by atoms with Gasteiger partial charge in [-0.05, 0) is 12.7 Å². The topological polar surface area (TPSA) is 37.4 Å². The fourth-order valence-corrected chi connectivity index (χ4v) is 1.92. The Bertz CT molecular complexity index is 421. The number of hydrogen-bond acceptors (Lipinski definition) is 3. The van der Waals surface area contributed by atoms with Crippen LogP contribution in [0.15, 0.2) is 24.3 Å². The second-order valence-corrected chi connectivity index (χ2v) is 7.77. The monoisotopic (exact) mass is 295 g/mol. The van der Waals surface area contributed by atoms with Crippen LogP contribution >= 0.6 is 11.8 Å². The van der Waals surface area contributed by atoms with Gasteiger partial charge in [0.2, 0.25) is 11.8 Å². The van der Waals surface area contributed by atoms with Gasteiger partial charge in [-0.25, -0.2) is 0 Å².